The zero-order chi connectivity index (χ0) is 16.7. The Labute approximate surface area is 145 Å². The molecular formula is C19H18ClN3O. The van der Waals surface area contributed by atoms with Gasteiger partial charge in [-0.25, -0.2) is 4.98 Å². The maximum atomic E-state index is 12.5. The predicted molar refractivity (Wildman–Crippen MR) is 96.6 cm³/mol. The number of imidazole rings is 1. The molecule has 1 fully saturated rings. The first-order valence-electron chi connectivity index (χ1n) is 8.18. The fourth-order valence-electron chi connectivity index (χ4n) is 3.49. The number of para-hydroxylation sites is 2. The summed E-state index contributed by atoms with van der Waals surface area (Å²) in [7, 11) is 0. The highest BCUT2D eigenvalue weighted by Gasteiger charge is 2.34. The number of fused-ring (bicyclic) bond motifs is 1. The molecule has 4 nitrogen and oxygen atoms in total. The van der Waals surface area contributed by atoms with Gasteiger partial charge in [0.25, 0.3) is 0 Å². The molecular weight excluding hydrogens is 322 g/mol. The second-order valence-electron chi connectivity index (χ2n) is 6.08. The summed E-state index contributed by atoms with van der Waals surface area (Å²) in [6.07, 6.45) is 0.492. The van der Waals surface area contributed by atoms with Crippen molar-refractivity contribution in [3.05, 3.63) is 59.4 Å². The van der Waals surface area contributed by atoms with E-state index in [0.717, 1.165) is 29.1 Å². The van der Waals surface area contributed by atoms with Crippen molar-refractivity contribution in [2.24, 2.45) is 0 Å². The third kappa shape index (κ3) is 2.47. The van der Waals surface area contributed by atoms with Crippen molar-refractivity contribution >= 4 is 34.2 Å². The highest BCUT2D eigenvalue weighted by atomic mass is 35.5. The molecule has 1 amide bonds. The quantitative estimate of drug-likeness (QED) is 0.716. The number of amides is 1. The number of carbonyl (C=O) groups is 1. The second-order valence-corrected chi connectivity index (χ2v) is 6.52. The molecule has 1 aliphatic heterocycles. The van der Waals surface area contributed by atoms with Crippen LogP contribution in [0.3, 0.4) is 0 Å². The van der Waals surface area contributed by atoms with Gasteiger partial charge in [-0.1, -0.05) is 23.7 Å². The zero-order valence-corrected chi connectivity index (χ0v) is 14.2. The summed E-state index contributed by atoms with van der Waals surface area (Å²) >= 11 is 5.95. The van der Waals surface area contributed by atoms with Crippen LogP contribution in [0.15, 0.2) is 48.5 Å². The van der Waals surface area contributed by atoms with Crippen LogP contribution in [0.4, 0.5) is 5.69 Å². The molecule has 0 radical (unpaired) electrons. The second kappa shape index (κ2) is 5.95. The summed E-state index contributed by atoms with van der Waals surface area (Å²) in [5.74, 6) is 1.25. The number of carbonyl (C=O) groups excluding carboxylic acids is 1. The summed E-state index contributed by atoms with van der Waals surface area (Å²) < 4.78 is 2.22. The molecule has 2 aromatic carbocycles. The van der Waals surface area contributed by atoms with Crippen LogP contribution in [-0.2, 0) is 11.3 Å². The Hall–Kier alpha value is -2.33. The standard InChI is InChI=1S/C19H18ClN3O/c1-2-22-17-6-4-3-5-16(17)21-19(22)13-11-18(24)23(12-13)15-9-7-14(20)8-10-15/h3-10,13H,2,11-12H2,1H3. The molecule has 24 heavy (non-hydrogen) atoms. The molecule has 5 heteroatoms. The van der Waals surface area contributed by atoms with Crippen LogP contribution >= 0.6 is 11.6 Å². The average molecular weight is 340 g/mol. The van der Waals surface area contributed by atoms with Gasteiger partial charge >= 0.3 is 0 Å². The van der Waals surface area contributed by atoms with Crippen molar-refractivity contribution in [1.29, 1.82) is 0 Å². The van der Waals surface area contributed by atoms with E-state index >= 15 is 0 Å². The number of benzene rings is 2. The molecule has 1 saturated heterocycles. The maximum Gasteiger partial charge on any atom is 0.227 e. The third-order valence-corrected chi connectivity index (χ3v) is 4.88. The molecule has 1 aromatic heterocycles. The van der Waals surface area contributed by atoms with E-state index in [1.807, 2.05) is 47.4 Å². The Morgan fingerprint density at radius 1 is 1.17 bits per heavy atom. The highest BCUT2D eigenvalue weighted by molar-refractivity contribution is 6.30. The molecule has 0 saturated carbocycles. The Kier molecular flexibility index (Phi) is 3.77. The van der Waals surface area contributed by atoms with Crippen molar-refractivity contribution in [3.8, 4) is 0 Å². The number of anilines is 1. The van der Waals surface area contributed by atoms with E-state index in [9.17, 15) is 4.79 Å². The lowest BCUT2D eigenvalue weighted by Crippen LogP contribution is -2.24. The van der Waals surface area contributed by atoms with E-state index in [1.54, 1.807) is 0 Å². The summed E-state index contributed by atoms with van der Waals surface area (Å²) in [6, 6.07) is 15.6. The lowest BCUT2D eigenvalue weighted by Gasteiger charge is -2.17. The van der Waals surface area contributed by atoms with Crippen LogP contribution in [0.2, 0.25) is 5.02 Å². The normalized spacial score (nSPS) is 17.8. The summed E-state index contributed by atoms with van der Waals surface area (Å²) in [5.41, 5.74) is 3.02. The number of aryl methyl sites for hydroxylation is 1. The molecule has 1 unspecified atom stereocenters. The van der Waals surface area contributed by atoms with E-state index in [4.69, 9.17) is 16.6 Å². The van der Waals surface area contributed by atoms with Crippen LogP contribution in [0, 0.1) is 0 Å². The summed E-state index contributed by atoms with van der Waals surface area (Å²) in [4.78, 5) is 19.2. The largest absolute Gasteiger partial charge is 0.328 e. The van der Waals surface area contributed by atoms with Crippen LogP contribution in [0.25, 0.3) is 11.0 Å². The zero-order valence-electron chi connectivity index (χ0n) is 13.4. The van der Waals surface area contributed by atoms with Gasteiger partial charge in [-0.3, -0.25) is 4.79 Å². The van der Waals surface area contributed by atoms with Gasteiger partial charge in [0, 0.05) is 36.1 Å². The van der Waals surface area contributed by atoms with Crippen molar-refractivity contribution in [3.63, 3.8) is 0 Å². The number of rotatable bonds is 3. The Bertz CT molecular complexity index is 901. The number of aromatic nitrogens is 2. The van der Waals surface area contributed by atoms with E-state index < -0.39 is 0 Å². The third-order valence-electron chi connectivity index (χ3n) is 4.63. The van der Waals surface area contributed by atoms with E-state index in [2.05, 4.69) is 17.6 Å². The first-order chi connectivity index (χ1) is 11.7. The lowest BCUT2D eigenvalue weighted by molar-refractivity contribution is -0.117. The van der Waals surface area contributed by atoms with Gasteiger partial charge in [0.15, 0.2) is 0 Å². The average Bonchev–Trinajstić information content (AvgIpc) is 3.16. The van der Waals surface area contributed by atoms with Crippen LogP contribution < -0.4 is 4.90 Å². The molecule has 1 aliphatic rings. The fraction of sp³-hybridized carbons (Fsp3) is 0.263. The molecule has 0 spiro atoms. The molecule has 1 atom stereocenters. The van der Waals surface area contributed by atoms with Gasteiger partial charge in [-0.05, 0) is 43.3 Å². The van der Waals surface area contributed by atoms with Crippen molar-refractivity contribution in [2.45, 2.75) is 25.8 Å². The molecule has 3 aromatic rings. The first kappa shape index (κ1) is 15.2. The predicted octanol–water partition coefficient (Wildman–Crippen LogP) is 4.23. The topological polar surface area (TPSA) is 38.1 Å². The Morgan fingerprint density at radius 3 is 2.67 bits per heavy atom. The number of halogens is 1. The number of hydrogen-bond donors (Lipinski definition) is 0. The highest BCUT2D eigenvalue weighted by Crippen LogP contribution is 2.33. The SMILES string of the molecule is CCn1c(C2CC(=O)N(c3ccc(Cl)cc3)C2)nc2ccccc21. The molecule has 4 rings (SSSR count). The lowest BCUT2D eigenvalue weighted by atomic mass is 10.1. The molecule has 0 N–H and O–H groups in total. The maximum absolute atomic E-state index is 12.5. The molecule has 2 heterocycles. The first-order valence-corrected chi connectivity index (χ1v) is 8.56. The van der Waals surface area contributed by atoms with E-state index in [-0.39, 0.29) is 11.8 Å². The van der Waals surface area contributed by atoms with Gasteiger partial charge in [-0.2, -0.15) is 0 Å². The number of nitrogens with zero attached hydrogens (tertiary/aromatic N) is 3. The van der Waals surface area contributed by atoms with Gasteiger partial charge in [0.2, 0.25) is 5.91 Å². The molecule has 0 aliphatic carbocycles. The van der Waals surface area contributed by atoms with Crippen LogP contribution in [0.5, 0.6) is 0 Å². The van der Waals surface area contributed by atoms with E-state index in [1.165, 1.54) is 0 Å². The fourth-order valence-corrected chi connectivity index (χ4v) is 3.62. The molecule has 122 valence electrons. The van der Waals surface area contributed by atoms with E-state index in [0.29, 0.717) is 18.0 Å². The monoisotopic (exact) mass is 339 g/mol. The van der Waals surface area contributed by atoms with Gasteiger partial charge < -0.3 is 9.47 Å². The smallest absolute Gasteiger partial charge is 0.227 e. The van der Waals surface area contributed by atoms with Gasteiger partial charge in [0.05, 0.1) is 11.0 Å². The van der Waals surface area contributed by atoms with Gasteiger partial charge in [-0.15, -0.1) is 0 Å². The Balaban J connectivity index is 1.69. The van der Waals surface area contributed by atoms with Crippen molar-refractivity contribution in [2.75, 3.05) is 11.4 Å². The molecule has 0 bridgehead atoms. The van der Waals surface area contributed by atoms with Gasteiger partial charge in [0.1, 0.15) is 5.82 Å². The summed E-state index contributed by atoms with van der Waals surface area (Å²) in [5, 5.41) is 0.676. The minimum Gasteiger partial charge on any atom is -0.328 e. The van der Waals surface area contributed by atoms with Crippen LogP contribution in [0.1, 0.15) is 25.1 Å². The van der Waals surface area contributed by atoms with Crippen molar-refractivity contribution < 1.29 is 4.79 Å². The minimum atomic E-state index is 0.112. The van der Waals surface area contributed by atoms with Crippen molar-refractivity contribution in [1.82, 2.24) is 9.55 Å². The number of hydrogen-bond acceptors (Lipinski definition) is 2. The summed E-state index contributed by atoms with van der Waals surface area (Å²) in [6.45, 7) is 3.62. The Morgan fingerprint density at radius 2 is 1.92 bits per heavy atom. The van der Waals surface area contributed by atoms with Crippen LogP contribution in [-0.4, -0.2) is 22.0 Å². The minimum absolute atomic E-state index is 0.112.